The van der Waals surface area contributed by atoms with Crippen LogP contribution in [0.2, 0.25) is 0 Å². The van der Waals surface area contributed by atoms with Crippen LogP contribution in [-0.2, 0) is 6.54 Å². The van der Waals surface area contributed by atoms with Crippen molar-refractivity contribution in [3.05, 3.63) is 42.0 Å². The Morgan fingerprint density at radius 3 is 2.91 bits per heavy atom. The van der Waals surface area contributed by atoms with Gasteiger partial charge in [-0.3, -0.25) is 0 Å². The number of hydrogen-bond acceptors (Lipinski definition) is 2. The van der Waals surface area contributed by atoms with E-state index in [0.29, 0.717) is 18.4 Å². The Bertz CT molecular complexity index is 556. The number of guanidine groups is 1. The summed E-state index contributed by atoms with van der Waals surface area (Å²) in [6.45, 7) is 7.02. The summed E-state index contributed by atoms with van der Waals surface area (Å²) in [7, 11) is 0. The second-order valence-electron chi connectivity index (χ2n) is 6.41. The van der Waals surface area contributed by atoms with Crippen LogP contribution in [0.25, 0.3) is 0 Å². The van der Waals surface area contributed by atoms with Crippen LogP contribution in [0.4, 0.5) is 5.69 Å². The Morgan fingerprint density at radius 1 is 1.32 bits per heavy atom. The molecule has 1 saturated heterocycles. The lowest BCUT2D eigenvalue weighted by molar-refractivity contribution is 0.270. The summed E-state index contributed by atoms with van der Waals surface area (Å²) in [6.07, 6.45) is 6.94. The number of benzene rings is 1. The highest BCUT2D eigenvalue weighted by Gasteiger charge is 2.17. The maximum Gasteiger partial charge on any atom is 0.191 e. The van der Waals surface area contributed by atoms with Crippen LogP contribution in [0.3, 0.4) is 0 Å². The van der Waals surface area contributed by atoms with Gasteiger partial charge in [0.2, 0.25) is 0 Å². The van der Waals surface area contributed by atoms with Gasteiger partial charge in [-0.15, -0.1) is 0 Å². The van der Waals surface area contributed by atoms with Crippen molar-refractivity contribution in [3.63, 3.8) is 0 Å². The van der Waals surface area contributed by atoms with Gasteiger partial charge in [0, 0.05) is 31.9 Å². The quantitative estimate of drug-likeness (QED) is 0.530. The van der Waals surface area contributed by atoms with Crippen LogP contribution in [0.15, 0.2) is 41.4 Å². The summed E-state index contributed by atoms with van der Waals surface area (Å²) in [5.74, 6) is 1.41. The minimum absolute atomic E-state index is 0.659. The molecule has 0 spiro atoms. The van der Waals surface area contributed by atoms with Crippen LogP contribution in [0.5, 0.6) is 0 Å². The van der Waals surface area contributed by atoms with E-state index in [1.165, 1.54) is 24.1 Å². The third-order valence-electron chi connectivity index (χ3n) is 4.50. The first kappa shape index (κ1) is 14.9. The van der Waals surface area contributed by atoms with Crippen molar-refractivity contribution in [1.29, 1.82) is 0 Å². The summed E-state index contributed by atoms with van der Waals surface area (Å²) in [5.41, 5.74) is 8.66. The SMILES string of the molecule is CC1CCCN(C(N)=NCc2cccc(N3CC=CC3)c2)C1. The van der Waals surface area contributed by atoms with Crippen molar-refractivity contribution in [2.24, 2.45) is 16.6 Å². The zero-order valence-corrected chi connectivity index (χ0v) is 13.4. The molecule has 4 heteroatoms. The largest absolute Gasteiger partial charge is 0.370 e. The number of aliphatic imine (C=N–C) groups is 1. The van der Waals surface area contributed by atoms with E-state index < -0.39 is 0 Å². The molecule has 118 valence electrons. The van der Waals surface area contributed by atoms with Gasteiger partial charge in [0.05, 0.1) is 6.54 Å². The molecule has 2 aliphatic heterocycles. The first-order chi connectivity index (χ1) is 10.7. The Balaban J connectivity index is 1.62. The molecular formula is C18H26N4. The van der Waals surface area contributed by atoms with E-state index >= 15 is 0 Å². The molecule has 3 rings (SSSR count). The molecule has 1 aromatic rings. The zero-order chi connectivity index (χ0) is 15.4. The van der Waals surface area contributed by atoms with Crippen LogP contribution in [-0.4, -0.2) is 37.0 Å². The molecule has 22 heavy (non-hydrogen) atoms. The molecule has 4 nitrogen and oxygen atoms in total. The van der Waals surface area contributed by atoms with Crippen molar-refractivity contribution in [2.75, 3.05) is 31.1 Å². The first-order valence-electron chi connectivity index (χ1n) is 8.26. The number of anilines is 1. The topological polar surface area (TPSA) is 44.9 Å². The molecule has 1 aromatic carbocycles. The minimum Gasteiger partial charge on any atom is -0.370 e. The standard InChI is InChI=1S/C18H26N4/c1-15-6-5-11-22(14-15)18(19)20-13-16-7-4-8-17(12-16)21-9-2-3-10-21/h2-4,7-8,12,15H,5-6,9-11,13-14H2,1H3,(H2,19,20). The van der Waals surface area contributed by atoms with E-state index in [9.17, 15) is 0 Å². The van der Waals surface area contributed by atoms with Crippen molar-refractivity contribution in [2.45, 2.75) is 26.3 Å². The number of nitrogens with zero attached hydrogens (tertiary/aromatic N) is 3. The summed E-state index contributed by atoms with van der Waals surface area (Å²) in [6, 6.07) is 8.62. The number of likely N-dealkylation sites (tertiary alicyclic amines) is 1. The molecule has 1 unspecified atom stereocenters. The lowest BCUT2D eigenvalue weighted by Gasteiger charge is -2.31. The molecule has 2 N–H and O–H groups in total. The number of piperidine rings is 1. The third kappa shape index (κ3) is 3.62. The summed E-state index contributed by atoms with van der Waals surface area (Å²) in [4.78, 5) is 9.18. The Kier molecular flexibility index (Phi) is 4.66. The molecule has 2 heterocycles. The summed E-state index contributed by atoms with van der Waals surface area (Å²) in [5, 5.41) is 0. The molecule has 0 amide bonds. The highest BCUT2D eigenvalue weighted by Crippen LogP contribution is 2.19. The van der Waals surface area contributed by atoms with Gasteiger partial charge in [-0.25, -0.2) is 4.99 Å². The second kappa shape index (κ2) is 6.86. The third-order valence-corrected chi connectivity index (χ3v) is 4.50. The average molecular weight is 298 g/mol. The van der Waals surface area contributed by atoms with Crippen molar-refractivity contribution in [3.8, 4) is 0 Å². The van der Waals surface area contributed by atoms with Crippen LogP contribution in [0, 0.1) is 5.92 Å². The van der Waals surface area contributed by atoms with E-state index in [4.69, 9.17) is 5.73 Å². The van der Waals surface area contributed by atoms with Gasteiger partial charge in [0.25, 0.3) is 0 Å². The molecule has 0 saturated carbocycles. The van der Waals surface area contributed by atoms with Gasteiger partial charge in [-0.2, -0.15) is 0 Å². The highest BCUT2D eigenvalue weighted by atomic mass is 15.3. The summed E-state index contributed by atoms with van der Waals surface area (Å²) >= 11 is 0. The molecule has 2 aliphatic rings. The predicted molar refractivity (Wildman–Crippen MR) is 93.1 cm³/mol. The van der Waals surface area contributed by atoms with Gasteiger partial charge in [-0.05, 0) is 36.5 Å². The molecule has 1 fully saturated rings. The normalized spacial score (nSPS) is 22.4. The smallest absolute Gasteiger partial charge is 0.191 e. The first-order valence-corrected chi connectivity index (χ1v) is 8.26. The predicted octanol–water partition coefficient (Wildman–Crippen LogP) is 2.61. The Hall–Kier alpha value is -1.97. The van der Waals surface area contributed by atoms with Gasteiger partial charge in [0.15, 0.2) is 5.96 Å². The lowest BCUT2D eigenvalue weighted by Crippen LogP contribution is -2.43. The second-order valence-corrected chi connectivity index (χ2v) is 6.41. The number of nitrogens with two attached hydrogens (primary N) is 1. The Labute approximate surface area is 133 Å². The van der Waals surface area contributed by atoms with Crippen molar-refractivity contribution >= 4 is 11.6 Å². The molecule has 0 aromatic heterocycles. The van der Waals surface area contributed by atoms with E-state index in [0.717, 1.165) is 26.2 Å². The maximum absolute atomic E-state index is 6.17. The Morgan fingerprint density at radius 2 is 2.14 bits per heavy atom. The van der Waals surface area contributed by atoms with Gasteiger partial charge >= 0.3 is 0 Å². The van der Waals surface area contributed by atoms with E-state index in [1.807, 2.05) is 0 Å². The molecule has 0 radical (unpaired) electrons. The number of hydrogen-bond donors (Lipinski definition) is 1. The van der Waals surface area contributed by atoms with E-state index in [1.54, 1.807) is 0 Å². The summed E-state index contributed by atoms with van der Waals surface area (Å²) < 4.78 is 0. The molecule has 0 aliphatic carbocycles. The molecule has 1 atom stereocenters. The zero-order valence-electron chi connectivity index (χ0n) is 13.4. The minimum atomic E-state index is 0.659. The molecular weight excluding hydrogens is 272 g/mol. The number of rotatable bonds is 3. The molecule has 0 bridgehead atoms. The monoisotopic (exact) mass is 298 g/mol. The highest BCUT2D eigenvalue weighted by molar-refractivity contribution is 5.78. The van der Waals surface area contributed by atoms with Crippen LogP contribution < -0.4 is 10.6 Å². The van der Waals surface area contributed by atoms with Crippen molar-refractivity contribution in [1.82, 2.24) is 4.90 Å². The van der Waals surface area contributed by atoms with Crippen LogP contribution in [0.1, 0.15) is 25.3 Å². The average Bonchev–Trinajstić information content (AvgIpc) is 3.07. The fourth-order valence-electron chi connectivity index (χ4n) is 3.21. The van der Waals surface area contributed by atoms with E-state index in [-0.39, 0.29) is 0 Å². The van der Waals surface area contributed by atoms with Crippen LogP contribution >= 0.6 is 0 Å². The lowest BCUT2D eigenvalue weighted by atomic mass is 10.0. The van der Waals surface area contributed by atoms with Gasteiger partial charge in [-0.1, -0.05) is 31.2 Å². The fourth-order valence-corrected chi connectivity index (χ4v) is 3.21. The van der Waals surface area contributed by atoms with Crippen molar-refractivity contribution < 1.29 is 0 Å². The van der Waals surface area contributed by atoms with Gasteiger partial charge < -0.3 is 15.5 Å². The van der Waals surface area contributed by atoms with Gasteiger partial charge in [0.1, 0.15) is 0 Å². The maximum atomic E-state index is 6.17. The fraction of sp³-hybridized carbons (Fsp3) is 0.500. The van der Waals surface area contributed by atoms with E-state index in [2.05, 4.69) is 58.1 Å².